The van der Waals surface area contributed by atoms with Crippen LogP contribution in [0.5, 0.6) is 5.75 Å². The van der Waals surface area contributed by atoms with Gasteiger partial charge in [-0.25, -0.2) is 8.42 Å². The van der Waals surface area contributed by atoms with E-state index in [2.05, 4.69) is 0 Å². The van der Waals surface area contributed by atoms with E-state index in [4.69, 9.17) is 18.9 Å². The van der Waals surface area contributed by atoms with E-state index in [1.165, 1.54) is 0 Å². The predicted molar refractivity (Wildman–Crippen MR) is 97.8 cm³/mol. The molecule has 0 amide bonds. The number of methoxy groups -OCH3 is 1. The summed E-state index contributed by atoms with van der Waals surface area (Å²) in [4.78, 5) is 0.509. The lowest BCUT2D eigenvalue weighted by Gasteiger charge is -2.18. The van der Waals surface area contributed by atoms with E-state index >= 15 is 0 Å². The minimum atomic E-state index is -3.55. The van der Waals surface area contributed by atoms with Gasteiger partial charge in [-0.2, -0.15) is 0 Å². The topological polar surface area (TPSA) is 71.1 Å². The third-order valence-corrected chi connectivity index (χ3v) is 6.80. The summed E-state index contributed by atoms with van der Waals surface area (Å²) in [6.07, 6.45) is -0.618. The Labute approximate surface area is 158 Å². The van der Waals surface area contributed by atoms with Gasteiger partial charge in [-0.1, -0.05) is 17.7 Å². The summed E-state index contributed by atoms with van der Waals surface area (Å²) in [5.41, 5.74) is 1.01. The lowest BCUT2D eigenvalue weighted by Crippen LogP contribution is -2.35. The first-order valence-electron chi connectivity index (χ1n) is 8.83. The molecule has 4 atom stereocenters. The minimum absolute atomic E-state index is 0.0781. The smallest absolute Gasteiger partial charge is 0.206 e. The fourth-order valence-corrected chi connectivity index (χ4v) is 4.72. The van der Waals surface area contributed by atoms with E-state index in [0.29, 0.717) is 19.0 Å². The van der Waals surface area contributed by atoms with Crippen molar-refractivity contribution in [3.05, 3.63) is 54.1 Å². The van der Waals surface area contributed by atoms with E-state index in [1.807, 2.05) is 6.92 Å². The summed E-state index contributed by atoms with van der Waals surface area (Å²) in [7, 11) is -1.91. The van der Waals surface area contributed by atoms with Gasteiger partial charge in [-0.15, -0.1) is 0 Å². The molecular weight excluding hydrogens is 368 g/mol. The number of aryl methyl sites for hydroxylation is 1. The Hall–Kier alpha value is -1.93. The molecule has 0 N–H and O–H groups in total. The normalized spacial score (nSPS) is 27.5. The van der Waals surface area contributed by atoms with Gasteiger partial charge < -0.3 is 18.9 Å². The molecule has 0 radical (unpaired) electrons. The second-order valence-electron chi connectivity index (χ2n) is 6.81. The molecule has 6 nitrogen and oxygen atoms in total. The molecule has 0 unspecified atom stereocenters. The molecule has 2 aliphatic heterocycles. The third kappa shape index (κ3) is 3.48. The van der Waals surface area contributed by atoms with Gasteiger partial charge in [0, 0.05) is 7.11 Å². The van der Waals surface area contributed by atoms with E-state index in [0.717, 1.165) is 5.56 Å². The number of sulfone groups is 1. The van der Waals surface area contributed by atoms with Crippen LogP contribution in [-0.4, -0.2) is 53.2 Å². The van der Waals surface area contributed by atoms with Crippen molar-refractivity contribution in [1.29, 1.82) is 0 Å². The van der Waals surface area contributed by atoms with Crippen molar-refractivity contribution in [2.24, 2.45) is 0 Å². The van der Waals surface area contributed by atoms with Crippen LogP contribution < -0.4 is 4.74 Å². The van der Waals surface area contributed by atoms with Crippen LogP contribution in [0, 0.1) is 6.92 Å². The number of fused-ring (bicyclic) bond motifs is 1. The van der Waals surface area contributed by atoms with Crippen molar-refractivity contribution in [3.8, 4) is 5.75 Å². The molecule has 7 heteroatoms. The molecule has 0 aromatic heterocycles. The van der Waals surface area contributed by atoms with E-state index in [-0.39, 0.29) is 34.2 Å². The van der Waals surface area contributed by atoms with Crippen LogP contribution in [-0.2, 0) is 24.0 Å². The zero-order chi connectivity index (χ0) is 19.0. The van der Waals surface area contributed by atoms with Crippen molar-refractivity contribution in [1.82, 2.24) is 0 Å². The molecule has 4 rings (SSSR count). The third-order valence-electron chi connectivity index (χ3n) is 5.02. The fraction of sp³-hybridized carbons (Fsp3) is 0.400. The Morgan fingerprint density at radius 3 is 1.96 bits per heavy atom. The van der Waals surface area contributed by atoms with Crippen LogP contribution >= 0.6 is 0 Å². The lowest BCUT2D eigenvalue weighted by molar-refractivity contribution is -0.0138. The van der Waals surface area contributed by atoms with E-state index < -0.39 is 9.84 Å². The molecule has 144 valence electrons. The standard InChI is InChI=1S/C20H22O6S/c1-13-3-7-15(8-4-13)27(21,22)16-9-5-14(6-10-16)26-18-12-25-19-17(23-2)11-24-20(18)19/h3-10,17-20H,11-12H2,1-2H3/t17-,18-,19-,20-/m1/s1. The van der Waals surface area contributed by atoms with Gasteiger partial charge in [0.15, 0.2) is 6.10 Å². The van der Waals surface area contributed by atoms with Crippen molar-refractivity contribution < 1.29 is 27.4 Å². The van der Waals surface area contributed by atoms with Crippen LogP contribution in [0.3, 0.4) is 0 Å². The van der Waals surface area contributed by atoms with Gasteiger partial charge in [-0.3, -0.25) is 0 Å². The number of rotatable bonds is 5. The van der Waals surface area contributed by atoms with Crippen molar-refractivity contribution in [2.45, 2.75) is 41.1 Å². The maximum absolute atomic E-state index is 12.7. The molecule has 2 aromatic carbocycles. The largest absolute Gasteiger partial charge is 0.485 e. The molecule has 2 saturated heterocycles. The van der Waals surface area contributed by atoms with Gasteiger partial charge >= 0.3 is 0 Å². The van der Waals surface area contributed by atoms with Gasteiger partial charge in [0.1, 0.15) is 24.1 Å². The monoisotopic (exact) mass is 390 g/mol. The lowest BCUT2D eigenvalue weighted by atomic mass is 10.1. The van der Waals surface area contributed by atoms with Crippen LogP contribution in [0.1, 0.15) is 5.56 Å². The molecule has 2 aliphatic rings. The highest BCUT2D eigenvalue weighted by atomic mass is 32.2. The second kappa shape index (κ2) is 7.24. The fourth-order valence-electron chi connectivity index (χ4n) is 3.46. The first kappa shape index (κ1) is 18.4. The first-order chi connectivity index (χ1) is 13.0. The average Bonchev–Trinajstić information content (AvgIpc) is 3.25. The number of ether oxygens (including phenoxy) is 4. The number of benzene rings is 2. The summed E-state index contributed by atoms with van der Waals surface area (Å²) in [5, 5.41) is 0. The zero-order valence-electron chi connectivity index (χ0n) is 15.2. The molecular formula is C20H22O6S. The molecule has 0 spiro atoms. The van der Waals surface area contributed by atoms with Gasteiger partial charge in [0.25, 0.3) is 0 Å². The quantitative estimate of drug-likeness (QED) is 0.781. The van der Waals surface area contributed by atoms with E-state index in [1.54, 1.807) is 55.6 Å². The SMILES string of the molecule is CO[C@@H]1CO[C@H]2[C@@H]1OC[C@H]2Oc1ccc(S(=O)(=O)c2ccc(C)cc2)cc1. The molecule has 0 bridgehead atoms. The summed E-state index contributed by atoms with van der Waals surface area (Å²) in [5.74, 6) is 0.580. The molecule has 0 saturated carbocycles. The van der Waals surface area contributed by atoms with Crippen LogP contribution in [0.25, 0.3) is 0 Å². The molecule has 2 fully saturated rings. The van der Waals surface area contributed by atoms with Crippen molar-refractivity contribution in [2.75, 3.05) is 20.3 Å². The average molecular weight is 390 g/mol. The van der Waals surface area contributed by atoms with Crippen LogP contribution in [0.4, 0.5) is 0 Å². The zero-order valence-corrected chi connectivity index (χ0v) is 16.0. The Morgan fingerprint density at radius 2 is 1.37 bits per heavy atom. The van der Waals surface area contributed by atoms with Crippen molar-refractivity contribution in [3.63, 3.8) is 0 Å². The maximum atomic E-state index is 12.7. The van der Waals surface area contributed by atoms with Crippen LogP contribution in [0.2, 0.25) is 0 Å². The molecule has 27 heavy (non-hydrogen) atoms. The van der Waals surface area contributed by atoms with E-state index in [9.17, 15) is 8.42 Å². The summed E-state index contributed by atoms with van der Waals surface area (Å²) >= 11 is 0. The first-order valence-corrected chi connectivity index (χ1v) is 10.3. The minimum Gasteiger partial charge on any atom is -0.485 e. The van der Waals surface area contributed by atoms with Crippen LogP contribution in [0.15, 0.2) is 58.3 Å². The maximum Gasteiger partial charge on any atom is 0.206 e. The summed E-state index contributed by atoms with van der Waals surface area (Å²) in [6, 6.07) is 13.3. The Morgan fingerprint density at radius 1 is 0.852 bits per heavy atom. The Bertz CT molecular complexity index is 891. The number of hydrogen-bond acceptors (Lipinski definition) is 6. The summed E-state index contributed by atoms with van der Waals surface area (Å²) in [6.45, 7) is 2.82. The molecule has 2 heterocycles. The van der Waals surface area contributed by atoms with Gasteiger partial charge in [0.05, 0.1) is 23.0 Å². The van der Waals surface area contributed by atoms with Crippen molar-refractivity contribution >= 4 is 9.84 Å². The highest BCUT2D eigenvalue weighted by molar-refractivity contribution is 7.91. The highest BCUT2D eigenvalue weighted by Crippen LogP contribution is 2.31. The predicted octanol–water partition coefficient (Wildman–Crippen LogP) is 2.39. The molecule has 0 aliphatic carbocycles. The highest BCUT2D eigenvalue weighted by Gasteiger charge is 2.49. The Balaban J connectivity index is 1.47. The number of hydrogen-bond donors (Lipinski definition) is 0. The second-order valence-corrected chi connectivity index (χ2v) is 8.76. The summed E-state index contributed by atoms with van der Waals surface area (Å²) < 4.78 is 48.3. The molecule has 2 aromatic rings. The van der Waals surface area contributed by atoms with Gasteiger partial charge in [-0.05, 0) is 43.3 Å². The van der Waals surface area contributed by atoms with Gasteiger partial charge in [0.2, 0.25) is 9.84 Å². The Kier molecular flexibility index (Phi) is 4.94.